The molecule has 4 nitrogen and oxygen atoms in total. The number of hydrogen-bond acceptors (Lipinski definition) is 4. The Morgan fingerprint density at radius 1 is 1.37 bits per heavy atom. The van der Waals surface area contributed by atoms with Crippen LogP contribution in [0, 0.1) is 0 Å². The Morgan fingerprint density at radius 2 is 2.00 bits per heavy atom. The molecule has 1 heterocycles. The van der Waals surface area contributed by atoms with Crippen LogP contribution >= 0.6 is 0 Å². The maximum atomic E-state index is 11.1. The first-order chi connectivity index (χ1) is 8.62. The Labute approximate surface area is 117 Å². The van der Waals surface area contributed by atoms with E-state index in [9.17, 15) is 4.79 Å². The lowest BCUT2D eigenvalue weighted by Crippen LogP contribution is -2.41. The first-order valence-electron chi connectivity index (χ1n) is 6.73. The van der Waals surface area contributed by atoms with Gasteiger partial charge in [-0.3, -0.25) is 0 Å². The minimum absolute atomic E-state index is 0.214. The van der Waals surface area contributed by atoms with Gasteiger partial charge >= 0.3 is 5.97 Å². The Balaban J connectivity index is 2.39. The minimum Gasteiger partial charge on any atom is -0.426 e. The first kappa shape index (κ1) is 16.4. The summed E-state index contributed by atoms with van der Waals surface area (Å²) in [4.78, 5) is 11.1. The fraction of sp³-hybridized carbons (Fsp3) is 0.786. The summed E-state index contributed by atoms with van der Waals surface area (Å²) in [7, 11) is -0.143. The van der Waals surface area contributed by atoms with Crippen molar-refractivity contribution in [3.05, 3.63) is 12.2 Å². The predicted octanol–water partition coefficient (Wildman–Crippen LogP) is 3.24. The van der Waals surface area contributed by atoms with Crippen LogP contribution in [-0.2, 0) is 18.7 Å². The van der Waals surface area contributed by atoms with Crippen LogP contribution in [0.25, 0.3) is 0 Å². The van der Waals surface area contributed by atoms with Gasteiger partial charge in [-0.15, -0.1) is 0 Å². The van der Waals surface area contributed by atoms with E-state index in [2.05, 4.69) is 33.9 Å². The third kappa shape index (κ3) is 4.16. The highest BCUT2D eigenvalue weighted by Crippen LogP contribution is 2.36. The second-order valence-electron chi connectivity index (χ2n) is 6.48. The normalized spacial score (nSPS) is 23.8. The monoisotopic (exact) mass is 286 g/mol. The molecule has 1 aliphatic heterocycles. The molecule has 0 saturated heterocycles. The average molecular weight is 286 g/mol. The van der Waals surface area contributed by atoms with E-state index in [0.29, 0.717) is 13.0 Å². The van der Waals surface area contributed by atoms with Crippen molar-refractivity contribution in [2.75, 3.05) is 13.7 Å². The highest BCUT2D eigenvalue weighted by Gasteiger charge is 2.38. The van der Waals surface area contributed by atoms with Crippen molar-refractivity contribution in [1.29, 1.82) is 0 Å². The number of carbonyl (C=O) groups is 1. The molecule has 0 aromatic rings. The van der Waals surface area contributed by atoms with Gasteiger partial charge in [0, 0.05) is 26.2 Å². The van der Waals surface area contributed by atoms with Crippen molar-refractivity contribution in [2.45, 2.75) is 57.5 Å². The zero-order chi connectivity index (χ0) is 14.7. The minimum atomic E-state index is -1.70. The second kappa shape index (κ2) is 5.77. The highest BCUT2D eigenvalue weighted by atomic mass is 28.4. The molecule has 110 valence electrons. The number of esters is 1. The van der Waals surface area contributed by atoms with Gasteiger partial charge in [-0.1, -0.05) is 20.8 Å². The van der Waals surface area contributed by atoms with Crippen LogP contribution in [0.2, 0.25) is 18.1 Å². The van der Waals surface area contributed by atoms with Crippen molar-refractivity contribution < 1.29 is 18.7 Å². The van der Waals surface area contributed by atoms with E-state index in [-0.39, 0.29) is 11.0 Å². The van der Waals surface area contributed by atoms with Gasteiger partial charge in [0.25, 0.3) is 0 Å². The van der Waals surface area contributed by atoms with Crippen LogP contribution in [-0.4, -0.2) is 33.8 Å². The number of carbonyl (C=O) groups excluding carboxylic acids is 1. The highest BCUT2D eigenvalue weighted by molar-refractivity contribution is 6.74. The van der Waals surface area contributed by atoms with Crippen LogP contribution in [0.1, 0.15) is 33.6 Å². The van der Waals surface area contributed by atoms with Crippen molar-refractivity contribution in [3.8, 4) is 0 Å². The van der Waals surface area contributed by atoms with Crippen LogP contribution < -0.4 is 0 Å². The molecular formula is C14H26O4Si. The molecule has 19 heavy (non-hydrogen) atoms. The van der Waals surface area contributed by atoms with Crippen LogP contribution in [0.4, 0.5) is 0 Å². The predicted molar refractivity (Wildman–Crippen MR) is 77.4 cm³/mol. The number of ether oxygens (including phenoxy) is 2. The molecule has 5 heteroatoms. The van der Waals surface area contributed by atoms with E-state index < -0.39 is 14.1 Å². The van der Waals surface area contributed by atoms with Gasteiger partial charge in [-0.25, -0.2) is 4.79 Å². The van der Waals surface area contributed by atoms with E-state index in [1.807, 2.05) is 0 Å². The number of methoxy groups -OCH3 is 1. The molecule has 1 unspecified atom stereocenters. The van der Waals surface area contributed by atoms with Crippen molar-refractivity contribution >= 4 is 14.3 Å². The molecule has 0 bridgehead atoms. The SMILES string of the molecule is COC1(CCCO[Si](C)(C)C(C)(C)C)C=CC(=O)O1. The fourth-order valence-electron chi connectivity index (χ4n) is 1.64. The van der Waals surface area contributed by atoms with Crippen molar-refractivity contribution in [2.24, 2.45) is 0 Å². The fourth-order valence-corrected chi connectivity index (χ4v) is 2.73. The molecule has 1 rings (SSSR count). The van der Waals surface area contributed by atoms with Crippen LogP contribution in [0.3, 0.4) is 0 Å². The summed E-state index contributed by atoms with van der Waals surface area (Å²) in [5, 5.41) is 0.214. The summed E-state index contributed by atoms with van der Waals surface area (Å²) in [6.45, 7) is 11.8. The zero-order valence-electron chi connectivity index (χ0n) is 12.9. The Hall–Kier alpha value is -0.653. The van der Waals surface area contributed by atoms with Crippen molar-refractivity contribution in [1.82, 2.24) is 0 Å². The molecule has 0 saturated carbocycles. The van der Waals surface area contributed by atoms with E-state index in [4.69, 9.17) is 13.9 Å². The third-order valence-corrected chi connectivity index (χ3v) is 8.57. The lowest BCUT2D eigenvalue weighted by molar-refractivity contribution is -0.191. The second-order valence-corrected chi connectivity index (χ2v) is 11.3. The van der Waals surface area contributed by atoms with E-state index in [1.54, 1.807) is 13.2 Å². The summed E-state index contributed by atoms with van der Waals surface area (Å²) in [6, 6.07) is 0. The molecule has 0 aromatic heterocycles. The molecule has 0 fully saturated rings. The smallest absolute Gasteiger partial charge is 0.333 e. The summed E-state index contributed by atoms with van der Waals surface area (Å²) in [5.41, 5.74) is 0. The van der Waals surface area contributed by atoms with Gasteiger partial charge in [-0.2, -0.15) is 0 Å². The quantitative estimate of drug-likeness (QED) is 0.427. The maximum Gasteiger partial charge on any atom is 0.333 e. The lowest BCUT2D eigenvalue weighted by Gasteiger charge is -2.36. The molecular weight excluding hydrogens is 260 g/mol. The molecule has 0 aliphatic carbocycles. The summed E-state index contributed by atoms with van der Waals surface area (Å²) in [6.07, 6.45) is 4.53. The summed E-state index contributed by atoms with van der Waals surface area (Å²) in [5.74, 6) is -1.22. The van der Waals surface area contributed by atoms with Gasteiger partial charge < -0.3 is 13.9 Å². The summed E-state index contributed by atoms with van der Waals surface area (Å²) >= 11 is 0. The largest absolute Gasteiger partial charge is 0.426 e. The maximum absolute atomic E-state index is 11.1. The van der Waals surface area contributed by atoms with Gasteiger partial charge in [0.05, 0.1) is 0 Å². The third-order valence-electron chi connectivity index (χ3n) is 4.03. The molecule has 0 aromatic carbocycles. The number of hydrogen-bond donors (Lipinski definition) is 0. The molecule has 0 amide bonds. The van der Waals surface area contributed by atoms with Crippen molar-refractivity contribution in [3.63, 3.8) is 0 Å². The van der Waals surface area contributed by atoms with E-state index in [0.717, 1.165) is 6.42 Å². The average Bonchev–Trinajstić information content (AvgIpc) is 2.66. The first-order valence-corrected chi connectivity index (χ1v) is 9.64. The number of cyclic esters (lactones) is 1. The van der Waals surface area contributed by atoms with E-state index in [1.165, 1.54) is 6.08 Å². The molecule has 1 aliphatic rings. The molecule has 0 spiro atoms. The molecule has 1 atom stereocenters. The van der Waals surface area contributed by atoms with Gasteiger partial charge in [0.2, 0.25) is 5.79 Å². The van der Waals surface area contributed by atoms with Gasteiger partial charge in [0.15, 0.2) is 8.32 Å². The molecule has 0 N–H and O–H groups in total. The molecule has 0 radical (unpaired) electrons. The lowest BCUT2D eigenvalue weighted by atomic mass is 10.1. The summed E-state index contributed by atoms with van der Waals surface area (Å²) < 4.78 is 16.6. The Bertz CT molecular complexity index is 357. The zero-order valence-corrected chi connectivity index (χ0v) is 13.9. The Kier molecular flexibility index (Phi) is 4.98. The number of rotatable bonds is 6. The van der Waals surface area contributed by atoms with Crippen LogP contribution in [0.15, 0.2) is 12.2 Å². The topological polar surface area (TPSA) is 44.8 Å². The standard InChI is InChI=1S/C14H26O4Si/c1-13(2,3)19(5,6)17-11-7-9-14(16-4)10-8-12(15)18-14/h8,10H,7,9,11H2,1-6H3. The van der Waals surface area contributed by atoms with Gasteiger partial charge in [-0.05, 0) is 30.6 Å². The Morgan fingerprint density at radius 3 is 2.42 bits per heavy atom. The van der Waals surface area contributed by atoms with Crippen LogP contribution in [0.5, 0.6) is 0 Å². The van der Waals surface area contributed by atoms with E-state index >= 15 is 0 Å². The van der Waals surface area contributed by atoms with Gasteiger partial charge in [0.1, 0.15) is 0 Å².